The number of carbonyl (C=O) groups is 1. The molecule has 14 heteroatoms. The van der Waals surface area contributed by atoms with Crippen molar-refractivity contribution in [3.63, 3.8) is 0 Å². The van der Waals surface area contributed by atoms with Crippen LogP contribution < -0.4 is 20.6 Å². The molecule has 0 atom stereocenters. The molecule has 0 radical (unpaired) electrons. The number of aryl methyl sites for hydroxylation is 2. The Morgan fingerprint density at radius 1 is 0.821 bits per heavy atom. The average Bonchev–Trinajstić information content (AvgIpc) is 3.41. The maximum Gasteiger partial charge on any atom is 0.290 e. The zero-order chi connectivity index (χ0) is 28.4. The Kier molecular flexibility index (Phi) is 11.2. The van der Waals surface area contributed by atoms with Gasteiger partial charge in [0.15, 0.2) is 24.5 Å². The number of rotatable bonds is 11. The van der Waals surface area contributed by atoms with Gasteiger partial charge in [-0.3, -0.25) is 4.79 Å². The van der Waals surface area contributed by atoms with Crippen LogP contribution in [0.5, 0.6) is 0 Å². The summed E-state index contributed by atoms with van der Waals surface area (Å²) in [5.74, 6) is 2.41. The fourth-order valence-electron chi connectivity index (χ4n) is 3.72. The summed E-state index contributed by atoms with van der Waals surface area (Å²) in [6.07, 6.45) is 5.14. The summed E-state index contributed by atoms with van der Waals surface area (Å²) in [7, 11) is 0. The number of nitrogen functional groups attached to an aromatic ring is 2. The average molecular weight is 575 g/mol. The van der Waals surface area contributed by atoms with Gasteiger partial charge in [0.25, 0.3) is 6.47 Å². The van der Waals surface area contributed by atoms with Gasteiger partial charge in [0, 0.05) is 39.1 Å². The molecule has 0 bridgehead atoms. The van der Waals surface area contributed by atoms with Crippen molar-refractivity contribution in [2.75, 3.05) is 24.7 Å². The van der Waals surface area contributed by atoms with Crippen molar-refractivity contribution in [1.82, 2.24) is 19.9 Å². The number of nitrogens with zero attached hydrogens (tertiary/aromatic N) is 6. The Hall–Kier alpha value is -3.59. The fourth-order valence-corrected chi connectivity index (χ4v) is 5.67. The monoisotopic (exact) mass is 574 g/mol. The number of hydrogen-bond donors (Lipinski definition) is 3. The van der Waals surface area contributed by atoms with Crippen molar-refractivity contribution in [3.8, 4) is 0 Å². The third-order valence-corrected chi connectivity index (χ3v) is 8.23. The summed E-state index contributed by atoms with van der Waals surface area (Å²) in [4.78, 5) is 38.8. The molecule has 12 nitrogen and oxygen atoms in total. The molecule has 0 aliphatic carbocycles. The van der Waals surface area contributed by atoms with Crippen molar-refractivity contribution in [3.05, 3.63) is 67.3 Å². The summed E-state index contributed by atoms with van der Waals surface area (Å²) < 4.78 is 4.33. The number of thiazole rings is 2. The molecule has 0 amide bonds. The molecule has 4 rings (SSSR count). The quantitative estimate of drug-likeness (QED) is 0.0791. The third-order valence-electron chi connectivity index (χ3n) is 5.94. The van der Waals surface area contributed by atoms with E-state index in [9.17, 15) is 0 Å². The highest BCUT2D eigenvalue weighted by Gasteiger charge is 2.19. The Balaban J connectivity index is 0.00000134. The van der Waals surface area contributed by atoms with Crippen molar-refractivity contribution in [2.45, 2.75) is 53.6 Å². The van der Waals surface area contributed by atoms with Gasteiger partial charge in [-0.05, 0) is 13.8 Å². The molecule has 4 aromatic rings. The first-order chi connectivity index (χ1) is 18.7. The number of anilines is 2. The topological polar surface area (TPSA) is 167 Å². The number of aromatic nitrogens is 6. The second-order valence-corrected chi connectivity index (χ2v) is 10.5. The van der Waals surface area contributed by atoms with Crippen molar-refractivity contribution < 1.29 is 28.8 Å². The van der Waals surface area contributed by atoms with E-state index in [1.807, 2.05) is 13.8 Å². The minimum Gasteiger partial charge on any atom is -0.483 e. The number of hydrogen-bond acceptors (Lipinski definition) is 11. The van der Waals surface area contributed by atoms with Gasteiger partial charge in [-0.15, -0.1) is 0 Å². The first-order valence-electron chi connectivity index (χ1n) is 12.1. The highest BCUT2D eigenvalue weighted by molar-refractivity contribution is 7.09. The summed E-state index contributed by atoms with van der Waals surface area (Å²) >= 11 is 3.40. The molecular weight excluding hydrogens is 540 g/mol. The third kappa shape index (κ3) is 8.45. The van der Waals surface area contributed by atoms with Crippen molar-refractivity contribution >= 4 is 40.8 Å². The van der Waals surface area contributed by atoms with Crippen molar-refractivity contribution in [1.29, 1.82) is 0 Å². The fraction of sp³-hybridized carbons (Fsp3) is 0.400. The Labute approximate surface area is 234 Å². The lowest BCUT2D eigenvalue weighted by Gasteiger charge is -2.04. The summed E-state index contributed by atoms with van der Waals surface area (Å²) in [6.45, 7) is 9.90. The van der Waals surface area contributed by atoms with Crippen LogP contribution in [-0.4, -0.2) is 44.7 Å². The first-order valence-corrected chi connectivity index (χ1v) is 13.9. The highest BCUT2D eigenvalue weighted by atomic mass is 32.1. The van der Waals surface area contributed by atoms with E-state index >= 15 is 0 Å². The molecule has 0 spiro atoms. The van der Waals surface area contributed by atoms with Crippen LogP contribution in [0, 0.1) is 27.7 Å². The van der Waals surface area contributed by atoms with Crippen LogP contribution in [0.4, 0.5) is 11.6 Å². The minimum absolute atomic E-state index is 0.250. The summed E-state index contributed by atoms with van der Waals surface area (Å²) in [6, 6.07) is 0. The van der Waals surface area contributed by atoms with Gasteiger partial charge in [0.1, 0.15) is 23.3 Å². The maximum absolute atomic E-state index is 8.36. The second-order valence-electron chi connectivity index (χ2n) is 8.62. The van der Waals surface area contributed by atoms with Crippen LogP contribution in [0.25, 0.3) is 0 Å². The van der Waals surface area contributed by atoms with Gasteiger partial charge >= 0.3 is 0 Å². The second kappa shape index (κ2) is 14.5. The highest BCUT2D eigenvalue weighted by Crippen LogP contribution is 2.16. The molecule has 4 heterocycles. The lowest BCUT2D eigenvalue weighted by atomic mass is 10.2. The first kappa shape index (κ1) is 30.0. The van der Waals surface area contributed by atoms with E-state index in [0.29, 0.717) is 49.6 Å². The van der Waals surface area contributed by atoms with Crippen LogP contribution >= 0.6 is 22.7 Å². The molecular formula is C25H34N8O4S2+2. The Morgan fingerprint density at radius 3 is 1.56 bits per heavy atom. The molecule has 39 heavy (non-hydrogen) atoms. The van der Waals surface area contributed by atoms with E-state index in [1.54, 1.807) is 35.1 Å². The molecule has 0 aliphatic heterocycles. The van der Waals surface area contributed by atoms with Crippen LogP contribution in [0.2, 0.25) is 0 Å². The van der Waals surface area contributed by atoms with Gasteiger partial charge in [-0.25, -0.2) is 29.7 Å². The molecule has 0 saturated carbocycles. The molecule has 0 saturated heterocycles. The predicted molar refractivity (Wildman–Crippen MR) is 147 cm³/mol. The number of nitrogens with two attached hydrogens (primary N) is 2. The molecule has 5 N–H and O–H groups in total. The van der Waals surface area contributed by atoms with Gasteiger partial charge in [-0.2, -0.15) is 9.13 Å². The molecule has 208 valence electrons. The minimum atomic E-state index is -0.250. The van der Waals surface area contributed by atoms with Gasteiger partial charge in [0.2, 0.25) is 11.0 Å². The van der Waals surface area contributed by atoms with Crippen LogP contribution in [0.3, 0.4) is 0 Å². The zero-order valence-corrected chi connectivity index (χ0v) is 24.1. The molecule has 0 aromatic carbocycles. The number of carboxylic acid groups (broad SMARTS) is 1. The van der Waals surface area contributed by atoms with E-state index in [0.717, 1.165) is 24.0 Å². The molecule has 0 unspecified atom stereocenters. The van der Waals surface area contributed by atoms with E-state index in [2.05, 4.69) is 53.9 Å². The van der Waals surface area contributed by atoms with Gasteiger partial charge < -0.3 is 16.6 Å². The van der Waals surface area contributed by atoms with E-state index < -0.39 is 0 Å². The van der Waals surface area contributed by atoms with Crippen molar-refractivity contribution in [2.24, 2.45) is 0 Å². The lowest BCUT2D eigenvalue weighted by molar-refractivity contribution is -0.689. The Bertz CT molecular complexity index is 1290. The van der Waals surface area contributed by atoms with E-state index in [-0.39, 0.29) is 6.47 Å². The SMILES string of the molecule is Cc1ncc(C[n+]2csc(CCOOCCc3sc[n+](Cc4cnc(C)nc4N)c3C)c2C)c(N)n1.O=CO. The maximum atomic E-state index is 8.36. The standard InChI is InChI=1S/C24H32N8O2S2.CH2O2/c1-15-21(35-13-31(15)11-19-9-27-17(3)29-23(19)25)5-7-33-34-8-6-22-16(2)32(14-36-22)12-20-10-28-18(4)30-24(20)26;2-1-3/h9-10,13-14H,5-8,11-12H2,1-4H3,(H2,25,27,29)(H2,26,28,30);1H,(H,2,3)/q+2;. The Morgan fingerprint density at radius 2 is 1.21 bits per heavy atom. The van der Waals surface area contributed by atoms with Crippen LogP contribution in [-0.2, 0) is 40.5 Å². The van der Waals surface area contributed by atoms with Crippen LogP contribution in [0.1, 0.15) is 43.9 Å². The van der Waals surface area contributed by atoms with Crippen LogP contribution in [0.15, 0.2) is 23.4 Å². The van der Waals surface area contributed by atoms with Gasteiger partial charge in [-0.1, -0.05) is 22.7 Å². The largest absolute Gasteiger partial charge is 0.483 e. The molecule has 4 aromatic heterocycles. The molecule has 0 aliphatic rings. The van der Waals surface area contributed by atoms with Gasteiger partial charge in [0.05, 0.1) is 34.1 Å². The van der Waals surface area contributed by atoms with E-state index in [4.69, 9.17) is 31.1 Å². The normalized spacial score (nSPS) is 10.8. The summed E-state index contributed by atoms with van der Waals surface area (Å²) in [5.41, 5.74) is 20.5. The lowest BCUT2D eigenvalue weighted by Crippen LogP contribution is -2.35. The smallest absolute Gasteiger partial charge is 0.290 e. The van der Waals surface area contributed by atoms with E-state index in [1.165, 1.54) is 21.1 Å². The predicted octanol–water partition coefficient (Wildman–Crippen LogP) is 1.89. The zero-order valence-electron chi connectivity index (χ0n) is 22.5. The molecule has 0 fully saturated rings. The summed E-state index contributed by atoms with van der Waals surface area (Å²) in [5, 5.41) is 6.89.